The molecule has 2 atom stereocenters. The molecule has 3 rings (SSSR count). The summed E-state index contributed by atoms with van der Waals surface area (Å²) in [6.45, 7) is 7.56. The third kappa shape index (κ3) is 4.23. The van der Waals surface area contributed by atoms with Crippen molar-refractivity contribution in [2.24, 2.45) is 11.8 Å². The third-order valence-electron chi connectivity index (χ3n) is 4.62. The van der Waals surface area contributed by atoms with Gasteiger partial charge in [-0.1, -0.05) is 32.5 Å². The number of carbonyl (C=O) groups is 1. The van der Waals surface area contributed by atoms with Gasteiger partial charge in [-0.25, -0.2) is 13.4 Å². The first kappa shape index (κ1) is 19.2. The first-order valence-corrected chi connectivity index (χ1v) is 11.5. The van der Waals surface area contributed by atoms with E-state index in [1.165, 1.54) is 23.9 Å². The molecule has 1 aromatic carbocycles. The summed E-state index contributed by atoms with van der Waals surface area (Å²) in [7, 11) is -3.28. The van der Waals surface area contributed by atoms with Gasteiger partial charge in [0.1, 0.15) is 5.52 Å². The number of hydrogen-bond acceptors (Lipinski definition) is 6. The zero-order valence-corrected chi connectivity index (χ0v) is 16.9. The Morgan fingerprint density at radius 2 is 2.00 bits per heavy atom. The van der Waals surface area contributed by atoms with Gasteiger partial charge in [0, 0.05) is 13.1 Å². The number of piperidine rings is 1. The Morgan fingerprint density at radius 1 is 1.31 bits per heavy atom. The van der Waals surface area contributed by atoms with E-state index < -0.39 is 9.84 Å². The lowest BCUT2D eigenvalue weighted by Crippen LogP contribution is -2.43. The van der Waals surface area contributed by atoms with Gasteiger partial charge in [-0.05, 0) is 36.5 Å². The zero-order valence-electron chi connectivity index (χ0n) is 15.3. The fourth-order valence-corrected chi connectivity index (χ4v) is 5.03. The van der Waals surface area contributed by atoms with Crippen molar-refractivity contribution in [3.63, 3.8) is 0 Å². The van der Waals surface area contributed by atoms with Crippen LogP contribution in [0.25, 0.3) is 11.1 Å². The molecule has 1 amide bonds. The maximum absolute atomic E-state index is 12.5. The van der Waals surface area contributed by atoms with Crippen LogP contribution in [0.15, 0.2) is 32.7 Å². The van der Waals surface area contributed by atoms with Gasteiger partial charge in [-0.2, -0.15) is 0 Å². The Bertz CT molecular complexity index is 897. The number of oxazole rings is 1. The smallest absolute Gasteiger partial charge is 0.257 e. The predicted molar refractivity (Wildman–Crippen MR) is 102 cm³/mol. The molecular weight excluding hydrogens is 372 g/mol. The molecule has 8 heteroatoms. The van der Waals surface area contributed by atoms with Crippen molar-refractivity contribution in [3.05, 3.63) is 18.2 Å². The number of hydrogen-bond donors (Lipinski definition) is 0. The predicted octanol–water partition coefficient (Wildman–Crippen LogP) is 3.22. The second-order valence-corrected chi connectivity index (χ2v) is 10.3. The van der Waals surface area contributed by atoms with Crippen LogP contribution < -0.4 is 0 Å². The van der Waals surface area contributed by atoms with Crippen LogP contribution in [0.4, 0.5) is 0 Å². The van der Waals surface area contributed by atoms with Crippen LogP contribution >= 0.6 is 11.8 Å². The fourth-order valence-electron chi connectivity index (χ4n) is 3.39. The van der Waals surface area contributed by atoms with Crippen LogP contribution in [0, 0.1) is 11.8 Å². The van der Waals surface area contributed by atoms with E-state index in [0.717, 1.165) is 19.5 Å². The Morgan fingerprint density at radius 3 is 2.65 bits per heavy atom. The lowest BCUT2D eigenvalue weighted by molar-refractivity contribution is -0.130. The summed E-state index contributed by atoms with van der Waals surface area (Å²) >= 11 is 1.25. The summed E-state index contributed by atoms with van der Waals surface area (Å²) in [4.78, 5) is 18.9. The molecule has 6 nitrogen and oxygen atoms in total. The van der Waals surface area contributed by atoms with Crippen molar-refractivity contribution in [1.82, 2.24) is 9.88 Å². The minimum absolute atomic E-state index is 0.0408. The second-order valence-electron chi connectivity index (χ2n) is 7.05. The molecule has 1 aliphatic rings. The summed E-state index contributed by atoms with van der Waals surface area (Å²) in [5.74, 6) is 1.45. The number of nitrogens with zero attached hydrogens (tertiary/aromatic N) is 2. The molecule has 2 aromatic rings. The SMILES string of the molecule is CCS(=O)(=O)c1ccc2oc(SCC(=O)N3CC(C)CC(C)C3)nc2c1. The minimum atomic E-state index is -3.28. The molecule has 2 unspecified atom stereocenters. The van der Waals surface area contributed by atoms with Crippen LogP contribution in [-0.4, -0.2) is 48.8 Å². The fraction of sp³-hybridized carbons (Fsp3) is 0.556. The van der Waals surface area contributed by atoms with E-state index in [0.29, 0.717) is 28.2 Å². The van der Waals surface area contributed by atoms with Crippen LogP contribution in [0.5, 0.6) is 0 Å². The molecule has 1 fully saturated rings. The Labute approximate surface area is 158 Å². The van der Waals surface area contributed by atoms with E-state index in [1.807, 2.05) is 4.90 Å². The average Bonchev–Trinajstić information content (AvgIpc) is 3.00. The van der Waals surface area contributed by atoms with Gasteiger partial charge in [-0.15, -0.1) is 0 Å². The molecule has 1 saturated heterocycles. The van der Waals surface area contributed by atoms with Crippen molar-refractivity contribution >= 4 is 38.6 Å². The Balaban J connectivity index is 1.68. The summed E-state index contributed by atoms with van der Waals surface area (Å²) in [5.41, 5.74) is 1.02. The monoisotopic (exact) mass is 396 g/mol. The van der Waals surface area contributed by atoms with E-state index in [2.05, 4.69) is 18.8 Å². The van der Waals surface area contributed by atoms with Gasteiger partial charge >= 0.3 is 0 Å². The first-order chi connectivity index (χ1) is 12.3. The lowest BCUT2D eigenvalue weighted by atomic mass is 9.92. The largest absolute Gasteiger partial charge is 0.431 e. The van der Waals surface area contributed by atoms with E-state index >= 15 is 0 Å². The van der Waals surface area contributed by atoms with Gasteiger partial charge in [0.05, 0.1) is 16.4 Å². The van der Waals surface area contributed by atoms with Crippen molar-refractivity contribution < 1.29 is 17.6 Å². The molecule has 2 heterocycles. The van der Waals surface area contributed by atoms with Gasteiger partial charge in [0.2, 0.25) is 5.91 Å². The number of aromatic nitrogens is 1. The van der Waals surface area contributed by atoms with Gasteiger partial charge in [0.25, 0.3) is 5.22 Å². The van der Waals surface area contributed by atoms with E-state index in [9.17, 15) is 13.2 Å². The molecule has 0 bridgehead atoms. The number of rotatable bonds is 5. The molecule has 26 heavy (non-hydrogen) atoms. The molecule has 1 aliphatic heterocycles. The van der Waals surface area contributed by atoms with Crippen LogP contribution in [0.3, 0.4) is 0 Å². The second kappa shape index (κ2) is 7.60. The van der Waals surface area contributed by atoms with Gasteiger partial charge < -0.3 is 9.32 Å². The van der Waals surface area contributed by atoms with Crippen LogP contribution in [0.1, 0.15) is 27.2 Å². The summed E-state index contributed by atoms with van der Waals surface area (Å²) in [6, 6.07) is 4.67. The normalized spacial score (nSPS) is 21.3. The van der Waals surface area contributed by atoms with E-state index in [4.69, 9.17) is 4.42 Å². The highest BCUT2D eigenvalue weighted by Gasteiger charge is 2.25. The molecule has 0 N–H and O–H groups in total. The lowest BCUT2D eigenvalue weighted by Gasteiger charge is -2.34. The van der Waals surface area contributed by atoms with Gasteiger partial charge in [0.15, 0.2) is 15.4 Å². The topological polar surface area (TPSA) is 80.5 Å². The molecule has 0 saturated carbocycles. The standard InChI is InChI=1S/C18H24N2O4S2/c1-4-26(22,23)14-5-6-16-15(8-14)19-18(24-16)25-11-17(21)20-9-12(2)7-13(3)10-20/h5-6,8,12-13H,4,7,9-11H2,1-3H3. The zero-order chi connectivity index (χ0) is 18.9. The molecule has 0 aliphatic carbocycles. The van der Waals surface area contributed by atoms with Crippen molar-refractivity contribution in [2.45, 2.75) is 37.3 Å². The van der Waals surface area contributed by atoms with E-state index in [-0.39, 0.29) is 22.3 Å². The number of thioether (sulfide) groups is 1. The van der Waals surface area contributed by atoms with Crippen LogP contribution in [0.2, 0.25) is 0 Å². The van der Waals surface area contributed by atoms with Crippen molar-refractivity contribution in [3.8, 4) is 0 Å². The average molecular weight is 397 g/mol. The summed E-state index contributed by atoms with van der Waals surface area (Å²) in [5, 5.41) is 0.387. The Kier molecular flexibility index (Phi) is 5.62. The maximum atomic E-state index is 12.5. The van der Waals surface area contributed by atoms with Gasteiger partial charge in [-0.3, -0.25) is 4.79 Å². The first-order valence-electron chi connectivity index (χ1n) is 8.82. The molecule has 142 valence electrons. The molecule has 1 aromatic heterocycles. The highest BCUT2D eigenvalue weighted by Crippen LogP contribution is 2.27. The number of likely N-dealkylation sites (tertiary alicyclic amines) is 1. The number of carbonyl (C=O) groups excluding carboxylic acids is 1. The highest BCUT2D eigenvalue weighted by atomic mass is 32.2. The number of sulfone groups is 1. The molecule has 0 radical (unpaired) electrons. The highest BCUT2D eigenvalue weighted by molar-refractivity contribution is 7.99. The Hall–Kier alpha value is -1.54. The third-order valence-corrected chi connectivity index (χ3v) is 7.16. The van der Waals surface area contributed by atoms with Crippen LogP contribution in [-0.2, 0) is 14.6 Å². The summed E-state index contributed by atoms with van der Waals surface area (Å²) in [6.07, 6.45) is 1.16. The summed E-state index contributed by atoms with van der Waals surface area (Å²) < 4.78 is 29.6. The molecule has 0 spiro atoms. The quantitative estimate of drug-likeness (QED) is 0.722. The number of fused-ring (bicyclic) bond motifs is 1. The number of amides is 1. The number of benzene rings is 1. The van der Waals surface area contributed by atoms with Crippen molar-refractivity contribution in [1.29, 1.82) is 0 Å². The van der Waals surface area contributed by atoms with Crippen molar-refractivity contribution in [2.75, 3.05) is 24.6 Å². The maximum Gasteiger partial charge on any atom is 0.257 e. The minimum Gasteiger partial charge on any atom is -0.431 e. The van der Waals surface area contributed by atoms with E-state index in [1.54, 1.807) is 13.0 Å². The molecular formula is C18H24N2O4S2.